The van der Waals surface area contributed by atoms with E-state index >= 15 is 0 Å². The van der Waals surface area contributed by atoms with Crippen LogP contribution in [0.3, 0.4) is 0 Å². The Balaban J connectivity index is 1.55. The molecule has 2 atom stereocenters. The van der Waals surface area contributed by atoms with Gasteiger partial charge in [0.1, 0.15) is 5.75 Å². The maximum Gasteiger partial charge on any atom is 0.120 e. The van der Waals surface area contributed by atoms with E-state index in [2.05, 4.69) is 17.0 Å². The Kier molecular flexibility index (Phi) is 3.00. The van der Waals surface area contributed by atoms with Gasteiger partial charge >= 0.3 is 0 Å². The fourth-order valence-corrected chi connectivity index (χ4v) is 3.74. The minimum Gasteiger partial charge on any atom is -0.490 e. The van der Waals surface area contributed by atoms with Crippen LogP contribution in [-0.2, 0) is 5.60 Å². The Hall–Kier alpha value is -1.06. The van der Waals surface area contributed by atoms with E-state index in [0.29, 0.717) is 12.1 Å². The summed E-state index contributed by atoms with van der Waals surface area (Å²) >= 11 is 0. The second-order valence-electron chi connectivity index (χ2n) is 6.66. The number of fused-ring (bicyclic) bond motifs is 1. The van der Waals surface area contributed by atoms with Crippen molar-refractivity contribution in [3.63, 3.8) is 0 Å². The van der Waals surface area contributed by atoms with Crippen LogP contribution in [0.1, 0.15) is 44.1 Å². The molecular formula is C17H23NO2. The van der Waals surface area contributed by atoms with Crippen LogP contribution in [0.25, 0.3) is 0 Å². The van der Waals surface area contributed by atoms with Gasteiger partial charge in [0.05, 0.1) is 11.7 Å². The number of nitrogens with zero attached hydrogens (tertiary/aromatic N) is 1. The fraction of sp³-hybridized carbons (Fsp3) is 0.647. The summed E-state index contributed by atoms with van der Waals surface area (Å²) in [4.78, 5) is 2.54. The first-order valence-corrected chi connectivity index (χ1v) is 7.97. The molecule has 3 nitrogen and oxygen atoms in total. The van der Waals surface area contributed by atoms with Crippen molar-refractivity contribution in [2.45, 2.75) is 56.3 Å². The van der Waals surface area contributed by atoms with Gasteiger partial charge in [0, 0.05) is 12.6 Å². The number of hydrogen-bond acceptors (Lipinski definition) is 3. The minimum absolute atomic E-state index is 0.413. The lowest BCUT2D eigenvalue weighted by Crippen LogP contribution is -2.45. The average molecular weight is 273 g/mol. The predicted molar refractivity (Wildman–Crippen MR) is 77.8 cm³/mol. The van der Waals surface area contributed by atoms with Gasteiger partial charge in [-0.15, -0.1) is 0 Å². The quantitative estimate of drug-likeness (QED) is 0.919. The molecule has 0 radical (unpaired) electrons. The molecule has 2 aliphatic heterocycles. The van der Waals surface area contributed by atoms with Crippen molar-refractivity contribution in [3.05, 3.63) is 29.8 Å². The van der Waals surface area contributed by atoms with Crippen molar-refractivity contribution in [3.8, 4) is 5.75 Å². The molecular weight excluding hydrogens is 250 g/mol. The van der Waals surface area contributed by atoms with Crippen LogP contribution in [0, 0.1) is 0 Å². The van der Waals surface area contributed by atoms with Crippen molar-refractivity contribution >= 4 is 0 Å². The van der Waals surface area contributed by atoms with Crippen LogP contribution in [0.4, 0.5) is 0 Å². The normalized spacial score (nSPS) is 34.0. The molecule has 3 heteroatoms. The lowest BCUT2D eigenvalue weighted by atomic mass is 9.81. The predicted octanol–water partition coefficient (Wildman–Crippen LogP) is 2.67. The number of piperidine rings is 1. The Morgan fingerprint density at radius 2 is 2.10 bits per heavy atom. The summed E-state index contributed by atoms with van der Waals surface area (Å²) in [7, 11) is 0. The molecule has 2 unspecified atom stereocenters. The first-order chi connectivity index (χ1) is 9.73. The van der Waals surface area contributed by atoms with Crippen LogP contribution >= 0.6 is 0 Å². The molecule has 108 valence electrons. The first kappa shape index (κ1) is 12.7. The van der Waals surface area contributed by atoms with Crippen LogP contribution < -0.4 is 4.74 Å². The van der Waals surface area contributed by atoms with E-state index in [4.69, 9.17) is 4.74 Å². The van der Waals surface area contributed by atoms with Crippen molar-refractivity contribution in [1.82, 2.24) is 4.90 Å². The third-order valence-electron chi connectivity index (χ3n) is 5.08. The molecule has 20 heavy (non-hydrogen) atoms. The zero-order valence-electron chi connectivity index (χ0n) is 11.9. The van der Waals surface area contributed by atoms with Gasteiger partial charge in [0.25, 0.3) is 0 Å². The van der Waals surface area contributed by atoms with Gasteiger partial charge in [-0.05, 0) is 62.8 Å². The van der Waals surface area contributed by atoms with Crippen molar-refractivity contribution in [2.24, 2.45) is 0 Å². The summed E-state index contributed by atoms with van der Waals surface area (Å²) in [6.45, 7) is 2.24. The Morgan fingerprint density at radius 1 is 1.20 bits per heavy atom. The summed E-state index contributed by atoms with van der Waals surface area (Å²) in [5, 5.41) is 11.1. The lowest BCUT2D eigenvalue weighted by molar-refractivity contribution is -0.0410. The zero-order valence-corrected chi connectivity index (χ0v) is 11.9. The third-order valence-corrected chi connectivity index (χ3v) is 5.08. The van der Waals surface area contributed by atoms with Gasteiger partial charge in [-0.3, -0.25) is 0 Å². The van der Waals surface area contributed by atoms with Gasteiger partial charge in [0.2, 0.25) is 0 Å². The fourth-order valence-electron chi connectivity index (χ4n) is 3.74. The first-order valence-electron chi connectivity index (χ1n) is 7.97. The molecule has 4 rings (SSSR count). The molecule has 0 amide bonds. The molecule has 3 aliphatic rings. The molecule has 0 aromatic heterocycles. The molecule has 2 saturated heterocycles. The van der Waals surface area contributed by atoms with Gasteiger partial charge in [-0.1, -0.05) is 12.1 Å². The molecule has 1 aromatic carbocycles. The van der Waals surface area contributed by atoms with E-state index in [0.717, 1.165) is 30.7 Å². The van der Waals surface area contributed by atoms with E-state index < -0.39 is 5.60 Å². The minimum atomic E-state index is -0.658. The zero-order chi connectivity index (χ0) is 13.6. The monoisotopic (exact) mass is 273 g/mol. The van der Waals surface area contributed by atoms with Crippen LogP contribution in [0.5, 0.6) is 5.75 Å². The Morgan fingerprint density at radius 3 is 2.95 bits per heavy atom. The number of benzene rings is 1. The lowest BCUT2D eigenvalue weighted by Gasteiger charge is -2.41. The molecule has 2 heterocycles. The van der Waals surface area contributed by atoms with Gasteiger partial charge in [0.15, 0.2) is 0 Å². The summed E-state index contributed by atoms with van der Waals surface area (Å²) in [6, 6.07) is 8.72. The highest BCUT2D eigenvalue weighted by atomic mass is 16.5. The van der Waals surface area contributed by atoms with Gasteiger partial charge in [-0.2, -0.15) is 0 Å². The number of aliphatic hydroxyl groups is 1. The van der Waals surface area contributed by atoms with E-state index in [-0.39, 0.29) is 0 Å². The maximum atomic E-state index is 11.1. The van der Waals surface area contributed by atoms with Gasteiger partial charge < -0.3 is 14.7 Å². The highest BCUT2D eigenvalue weighted by Crippen LogP contribution is 2.40. The number of rotatable bonds is 3. The van der Waals surface area contributed by atoms with Crippen LogP contribution in [0.15, 0.2) is 24.3 Å². The largest absolute Gasteiger partial charge is 0.490 e. The molecule has 1 aliphatic carbocycles. The van der Waals surface area contributed by atoms with Crippen LogP contribution in [0.2, 0.25) is 0 Å². The molecule has 1 aromatic rings. The average Bonchev–Trinajstić information content (AvgIpc) is 3.15. The van der Waals surface area contributed by atoms with Gasteiger partial charge in [-0.25, -0.2) is 0 Å². The highest BCUT2D eigenvalue weighted by Gasteiger charge is 2.41. The second-order valence-corrected chi connectivity index (χ2v) is 6.66. The van der Waals surface area contributed by atoms with Crippen molar-refractivity contribution in [2.75, 3.05) is 13.1 Å². The molecule has 0 bridgehead atoms. The maximum absolute atomic E-state index is 11.1. The molecule has 1 saturated carbocycles. The van der Waals surface area contributed by atoms with Crippen LogP contribution in [-0.4, -0.2) is 35.2 Å². The van der Waals surface area contributed by atoms with E-state index in [1.165, 1.54) is 32.2 Å². The SMILES string of the molecule is OC1(c2cccc(OC3CC3)c2)CCN2CCCC2C1. The highest BCUT2D eigenvalue weighted by molar-refractivity contribution is 5.33. The van der Waals surface area contributed by atoms with E-state index in [1.807, 2.05) is 12.1 Å². The smallest absolute Gasteiger partial charge is 0.120 e. The Bertz CT molecular complexity index is 500. The summed E-state index contributed by atoms with van der Waals surface area (Å²) in [5.41, 5.74) is 0.385. The topological polar surface area (TPSA) is 32.7 Å². The van der Waals surface area contributed by atoms with Crippen molar-refractivity contribution in [1.29, 1.82) is 0 Å². The van der Waals surface area contributed by atoms with E-state index in [9.17, 15) is 5.11 Å². The van der Waals surface area contributed by atoms with Crippen molar-refractivity contribution < 1.29 is 9.84 Å². The molecule has 3 fully saturated rings. The molecule has 1 N–H and O–H groups in total. The summed E-state index contributed by atoms with van der Waals surface area (Å²) < 4.78 is 5.87. The second kappa shape index (κ2) is 4.74. The third kappa shape index (κ3) is 2.33. The number of ether oxygens (including phenoxy) is 1. The Labute approximate surface area is 120 Å². The summed E-state index contributed by atoms with van der Waals surface area (Å²) in [6.07, 6.45) is 7.00. The molecule has 0 spiro atoms. The summed E-state index contributed by atoms with van der Waals surface area (Å²) in [5.74, 6) is 0.923. The van der Waals surface area contributed by atoms with E-state index in [1.54, 1.807) is 0 Å². The number of hydrogen-bond donors (Lipinski definition) is 1. The standard InChI is InChI=1S/C17H23NO2/c19-17(8-10-18-9-2-4-14(18)12-17)13-3-1-5-16(11-13)20-15-6-7-15/h1,3,5,11,14-15,19H,2,4,6-10,12H2.